The lowest BCUT2D eigenvalue weighted by Crippen LogP contribution is -2.51. The van der Waals surface area contributed by atoms with Crippen LogP contribution in [0.2, 0.25) is 0 Å². The SMILES string of the molecule is CCC(=O)N[C@H](Cc1ccc(CNC(=O)[C@@H](NC(=O)c2ccnn2C)C2CCCCC2)cc1)C(=O)NCc1cn2ccccc2n1. The van der Waals surface area contributed by atoms with E-state index in [2.05, 4.69) is 31.3 Å². The molecule has 5 rings (SSSR count). The second-order valence-corrected chi connectivity index (χ2v) is 11.8. The molecule has 1 fully saturated rings. The third-order valence-electron chi connectivity index (χ3n) is 8.50. The fourth-order valence-corrected chi connectivity index (χ4v) is 5.88. The number of carbonyl (C=O) groups excluding carboxylic acids is 4. The smallest absolute Gasteiger partial charge is 0.270 e. The minimum Gasteiger partial charge on any atom is -0.350 e. The van der Waals surface area contributed by atoms with Crippen LogP contribution in [-0.4, -0.2) is 54.9 Å². The highest BCUT2D eigenvalue weighted by Gasteiger charge is 2.31. The van der Waals surface area contributed by atoms with Gasteiger partial charge in [0.15, 0.2) is 0 Å². The highest BCUT2D eigenvalue weighted by atomic mass is 16.2. The van der Waals surface area contributed by atoms with Crippen molar-refractivity contribution >= 4 is 29.3 Å². The maximum absolute atomic E-state index is 13.4. The number of nitrogens with zero attached hydrogens (tertiary/aromatic N) is 4. The Morgan fingerprint density at radius 2 is 1.63 bits per heavy atom. The molecule has 4 aromatic rings. The molecule has 0 radical (unpaired) electrons. The Bertz CT molecular complexity index is 1620. The maximum Gasteiger partial charge on any atom is 0.270 e. The van der Waals surface area contributed by atoms with E-state index in [1.165, 1.54) is 4.68 Å². The number of aryl methyl sites for hydroxylation is 1. The number of amides is 4. The number of fused-ring (bicyclic) bond motifs is 1. The molecule has 1 aliphatic rings. The molecule has 0 saturated heterocycles. The van der Waals surface area contributed by atoms with Crippen molar-refractivity contribution in [1.82, 2.24) is 40.4 Å². The second-order valence-electron chi connectivity index (χ2n) is 11.8. The molecule has 0 bridgehead atoms. The predicted molar refractivity (Wildman–Crippen MR) is 172 cm³/mol. The summed E-state index contributed by atoms with van der Waals surface area (Å²) in [6.45, 7) is 2.27. The first kappa shape index (κ1) is 32.4. The molecule has 12 heteroatoms. The van der Waals surface area contributed by atoms with Gasteiger partial charge in [-0.25, -0.2) is 4.98 Å². The Morgan fingerprint density at radius 3 is 2.33 bits per heavy atom. The Hall–Kier alpha value is -5.00. The molecule has 3 heterocycles. The lowest BCUT2D eigenvalue weighted by atomic mass is 9.83. The first-order valence-electron chi connectivity index (χ1n) is 15.9. The zero-order valence-electron chi connectivity index (χ0n) is 26.4. The van der Waals surface area contributed by atoms with Gasteiger partial charge in [0, 0.05) is 45.0 Å². The number of benzene rings is 1. The Morgan fingerprint density at radius 1 is 0.891 bits per heavy atom. The van der Waals surface area contributed by atoms with Gasteiger partial charge in [-0.2, -0.15) is 5.10 Å². The van der Waals surface area contributed by atoms with Crippen LogP contribution in [0.15, 0.2) is 67.1 Å². The molecule has 0 unspecified atom stereocenters. The largest absolute Gasteiger partial charge is 0.350 e. The van der Waals surface area contributed by atoms with Crippen molar-refractivity contribution in [1.29, 1.82) is 0 Å². The molecule has 1 aliphatic carbocycles. The summed E-state index contributed by atoms with van der Waals surface area (Å²) >= 11 is 0. The standard InChI is InChI=1S/C34H42N8O4/c1-3-30(43)39-27(32(44)36-21-26-22-42-18-8-7-11-29(42)38-26)19-23-12-14-24(15-13-23)20-35-34(46)31(25-9-5-4-6-10-25)40-33(45)28-16-17-37-41(28)2/h7-8,11-18,22,25,27,31H,3-6,9-10,19-21H2,1-2H3,(H,35,46)(H,36,44)(H,39,43)(H,40,45)/t27-,31+/m1/s1. The highest BCUT2D eigenvalue weighted by Crippen LogP contribution is 2.27. The van der Waals surface area contributed by atoms with Crippen LogP contribution < -0.4 is 21.3 Å². The van der Waals surface area contributed by atoms with Gasteiger partial charge in [-0.1, -0.05) is 56.5 Å². The summed E-state index contributed by atoms with van der Waals surface area (Å²) in [5, 5.41) is 15.8. The van der Waals surface area contributed by atoms with E-state index in [-0.39, 0.29) is 42.5 Å². The van der Waals surface area contributed by atoms with Crippen molar-refractivity contribution in [2.24, 2.45) is 13.0 Å². The third kappa shape index (κ3) is 8.38. The molecule has 3 aromatic heterocycles. The zero-order chi connectivity index (χ0) is 32.5. The van der Waals surface area contributed by atoms with Gasteiger partial charge in [0.1, 0.15) is 23.4 Å². The molecule has 46 heavy (non-hydrogen) atoms. The number of nitrogens with one attached hydrogen (secondary N) is 4. The van der Waals surface area contributed by atoms with Crippen LogP contribution in [0.25, 0.3) is 5.65 Å². The summed E-state index contributed by atoms with van der Waals surface area (Å²) < 4.78 is 3.38. The number of hydrogen-bond donors (Lipinski definition) is 4. The van der Waals surface area contributed by atoms with Crippen LogP contribution >= 0.6 is 0 Å². The number of imidazole rings is 1. The number of aromatic nitrogens is 4. The molecule has 12 nitrogen and oxygen atoms in total. The fourth-order valence-electron chi connectivity index (χ4n) is 5.88. The van der Waals surface area contributed by atoms with Crippen LogP contribution in [0.4, 0.5) is 0 Å². The van der Waals surface area contributed by atoms with Crippen molar-refractivity contribution in [2.45, 2.75) is 77.0 Å². The number of hydrogen-bond acceptors (Lipinski definition) is 6. The Balaban J connectivity index is 1.18. The van der Waals surface area contributed by atoms with Crippen molar-refractivity contribution in [2.75, 3.05) is 0 Å². The van der Waals surface area contributed by atoms with E-state index in [1.54, 1.807) is 26.2 Å². The lowest BCUT2D eigenvalue weighted by molar-refractivity contribution is -0.128. The zero-order valence-corrected chi connectivity index (χ0v) is 26.4. The minimum absolute atomic E-state index is 0.0717. The van der Waals surface area contributed by atoms with Gasteiger partial charge in [-0.15, -0.1) is 0 Å². The number of rotatable bonds is 13. The fraction of sp³-hybridized carbons (Fsp3) is 0.412. The monoisotopic (exact) mass is 626 g/mol. The van der Waals surface area contributed by atoms with E-state index >= 15 is 0 Å². The van der Waals surface area contributed by atoms with Crippen LogP contribution in [0, 0.1) is 5.92 Å². The van der Waals surface area contributed by atoms with Gasteiger partial charge in [0.2, 0.25) is 17.7 Å². The maximum atomic E-state index is 13.4. The van der Waals surface area contributed by atoms with Gasteiger partial charge in [-0.3, -0.25) is 23.9 Å². The molecule has 1 saturated carbocycles. The summed E-state index contributed by atoms with van der Waals surface area (Å²) in [7, 11) is 1.70. The van der Waals surface area contributed by atoms with E-state index < -0.39 is 12.1 Å². The predicted octanol–water partition coefficient (Wildman–Crippen LogP) is 2.82. The van der Waals surface area contributed by atoms with E-state index in [0.717, 1.165) is 48.9 Å². The van der Waals surface area contributed by atoms with Gasteiger partial charge in [-0.05, 0) is 48.1 Å². The first-order chi connectivity index (χ1) is 22.3. The van der Waals surface area contributed by atoms with Crippen LogP contribution in [0.5, 0.6) is 0 Å². The molecule has 0 aliphatic heterocycles. The molecule has 0 spiro atoms. The summed E-state index contributed by atoms with van der Waals surface area (Å²) in [6.07, 6.45) is 10.9. The van der Waals surface area contributed by atoms with Crippen molar-refractivity contribution in [3.8, 4) is 0 Å². The van der Waals surface area contributed by atoms with E-state index in [1.807, 2.05) is 59.3 Å². The van der Waals surface area contributed by atoms with Gasteiger partial charge >= 0.3 is 0 Å². The Labute approximate surface area is 268 Å². The third-order valence-corrected chi connectivity index (χ3v) is 8.50. The summed E-state index contributed by atoms with van der Waals surface area (Å²) in [5.41, 5.74) is 3.65. The molecule has 4 N–H and O–H groups in total. The van der Waals surface area contributed by atoms with Gasteiger partial charge in [0.25, 0.3) is 5.91 Å². The molecule has 242 valence electrons. The second kappa shape index (κ2) is 15.3. The topological polar surface area (TPSA) is 152 Å². The molecule has 4 amide bonds. The average molecular weight is 627 g/mol. The first-order valence-corrected chi connectivity index (χ1v) is 15.9. The van der Waals surface area contributed by atoms with E-state index in [9.17, 15) is 19.2 Å². The van der Waals surface area contributed by atoms with E-state index in [0.29, 0.717) is 24.4 Å². The summed E-state index contributed by atoms with van der Waals surface area (Å²) in [6, 6.07) is 13.5. The quantitative estimate of drug-likeness (QED) is 0.179. The normalized spacial score (nSPS) is 14.7. The average Bonchev–Trinajstić information content (AvgIpc) is 3.71. The highest BCUT2D eigenvalue weighted by molar-refractivity contribution is 5.96. The van der Waals surface area contributed by atoms with E-state index in [4.69, 9.17) is 0 Å². The van der Waals surface area contributed by atoms with Gasteiger partial charge < -0.3 is 25.7 Å². The van der Waals surface area contributed by atoms with Crippen LogP contribution in [0.3, 0.4) is 0 Å². The van der Waals surface area contributed by atoms with Crippen molar-refractivity contribution in [3.05, 3.63) is 89.6 Å². The van der Waals surface area contributed by atoms with Crippen molar-refractivity contribution in [3.63, 3.8) is 0 Å². The number of pyridine rings is 1. The summed E-state index contributed by atoms with van der Waals surface area (Å²) in [4.78, 5) is 56.3. The molecular weight excluding hydrogens is 584 g/mol. The lowest BCUT2D eigenvalue weighted by Gasteiger charge is -2.30. The Kier molecular flexibility index (Phi) is 10.8. The molecule has 2 atom stereocenters. The minimum atomic E-state index is -0.755. The molecular formula is C34H42N8O4. The summed E-state index contributed by atoms with van der Waals surface area (Å²) in [5.74, 6) is -0.965. The van der Waals surface area contributed by atoms with Crippen molar-refractivity contribution < 1.29 is 19.2 Å². The number of carbonyl (C=O) groups is 4. The molecule has 1 aromatic carbocycles. The van der Waals surface area contributed by atoms with Crippen LogP contribution in [-0.2, 0) is 40.9 Å². The van der Waals surface area contributed by atoms with Crippen LogP contribution in [0.1, 0.15) is 72.8 Å². The van der Waals surface area contributed by atoms with Gasteiger partial charge in [0.05, 0.1) is 12.2 Å².